The molecule has 3 rings (SSSR count). The summed E-state index contributed by atoms with van der Waals surface area (Å²) >= 11 is 0. The van der Waals surface area contributed by atoms with Gasteiger partial charge in [0.2, 0.25) is 5.91 Å². The molecular formula is C16H16F2N4O2. The highest BCUT2D eigenvalue weighted by Crippen LogP contribution is 2.16. The van der Waals surface area contributed by atoms with E-state index in [1.54, 1.807) is 16.8 Å². The predicted molar refractivity (Wildman–Crippen MR) is 83.5 cm³/mol. The highest BCUT2D eigenvalue weighted by Gasteiger charge is 2.25. The zero-order valence-electron chi connectivity index (χ0n) is 13.1. The number of nitrogens with zero attached hydrogens (tertiary/aromatic N) is 4. The Bertz CT molecular complexity index is 837. The summed E-state index contributed by atoms with van der Waals surface area (Å²) < 4.78 is 27.6. The lowest BCUT2D eigenvalue weighted by Gasteiger charge is -2.35. The van der Waals surface area contributed by atoms with Crippen molar-refractivity contribution in [2.75, 3.05) is 24.5 Å². The van der Waals surface area contributed by atoms with Crippen molar-refractivity contribution in [2.24, 2.45) is 7.05 Å². The Balaban J connectivity index is 1.68. The molecule has 0 aliphatic carbocycles. The molecule has 0 spiro atoms. The summed E-state index contributed by atoms with van der Waals surface area (Å²) in [4.78, 5) is 31.4. The van der Waals surface area contributed by atoms with Crippen molar-refractivity contribution in [3.8, 4) is 0 Å². The van der Waals surface area contributed by atoms with E-state index in [-0.39, 0.29) is 24.6 Å². The van der Waals surface area contributed by atoms with Crippen molar-refractivity contribution in [1.82, 2.24) is 14.5 Å². The summed E-state index contributed by atoms with van der Waals surface area (Å²) in [7, 11) is 1.60. The van der Waals surface area contributed by atoms with Gasteiger partial charge >= 0.3 is 0 Å². The Morgan fingerprint density at radius 3 is 2.58 bits per heavy atom. The number of rotatable bonds is 3. The second-order valence-corrected chi connectivity index (χ2v) is 5.68. The van der Waals surface area contributed by atoms with Crippen LogP contribution in [0.2, 0.25) is 0 Å². The zero-order chi connectivity index (χ0) is 17.3. The van der Waals surface area contributed by atoms with Crippen LogP contribution in [0.4, 0.5) is 14.6 Å². The minimum absolute atomic E-state index is 0.0871. The highest BCUT2D eigenvalue weighted by molar-refractivity contribution is 5.82. The standard InChI is InChI=1S/C16H16F2N4O2/c1-20-10-19-14(7-15(20)23)21-4-5-22(16(24)9-21)8-11-2-3-12(17)13(18)6-11/h2-3,6-7,10H,4-5,8-9H2,1H3. The summed E-state index contributed by atoms with van der Waals surface area (Å²) in [6.07, 6.45) is 1.41. The van der Waals surface area contributed by atoms with Crippen LogP contribution in [0.5, 0.6) is 0 Å². The average molecular weight is 334 g/mol. The normalized spacial score (nSPS) is 15.0. The first-order chi connectivity index (χ1) is 11.4. The van der Waals surface area contributed by atoms with Crippen molar-refractivity contribution in [1.29, 1.82) is 0 Å². The third kappa shape index (κ3) is 3.27. The Morgan fingerprint density at radius 2 is 1.92 bits per heavy atom. The number of piperazine rings is 1. The number of benzene rings is 1. The summed E-state index contributed by atoms with van der Waals surface area (Å²) in [6.45, 7) is 1.22. The number of hydrogen-bond acceptors (Lipinski definition) is 4. The van der Waals surface area contributed by atoms with E-state index in [0.29, 0.717) is 24.5 Å². The van der Waals surface area contributed by atoms with Gasteiger partial charge in [-0.15, -0.1) is 0 Å². The summed E-state index contributed by atoms with van der Waals surface area (Å²) in [5, 5.41) is 0. The van der Waals surface area contributed by atoms with E-state index < -0.39 is 11.6 Å². The molecule has 0 N–H and O–H groups in total. The lowest BCUT2D eigenvalue weighted by Crippen LogP contribution is -2.50. The molecule has 0 saturated carbocycles. The summed E-state index contributed by atoms with van der Waals surface area (Å²) in [5.41, 5.74) is 0.332. The molecule has 6 nitrogen and oxygen atoms in total. The quantitative estimate of drug-likeness (QED) is 0.837. The highest BCUT2D eigenvalue weighted by atomic mass is 19.2. The van der Waals surface area contributed by atoms with Crippen LogP contribution in [0.15, 0.2) is 35.4 Å². The van der Waals surface area contributed by atoms with E-state index in [9.17, 15) is 18.4 Å². The molecule has 0 atom stereocenters. The number of amides is 1. The van der Waals surface area contributed by atoms with Crippen molar-refractivity contribution in [2.45, 2.75) is 6.54 Å². The maximum Gasteiger partial charge on any atom is 0.255 e. The molecule has 8 heteroatoms. The first-order valence-electron chi connectivity index (χ1n) is 7.43. The smallest absolute Gasteiger partial charge is 0.255 e. The molecule has 1 aliphatic heterocycles. The summed E-state index contributed by atoms with van der Waals surface area (Å²) in [5.74, 6) is -1.54. The minimum Gasteiger partial charge on any atom is -0.345 e. The topological polar surface area (TPSA) is 58.4 Å². The molecule has 0 radical (unpaired) electrons. The molecule has 1 aliphatic rings. The Hall–Kier alpha value is -2.77. The fraction of sp³-hybridized carbons (Fsp3) is 0.312. The van der Waals surface area contributed by atoms with E-state index >= 15 is 0 Å². The van der Waals surface area contributed by atoms with Crippen molar-refractivity contribution < 1.29 is 13.6 Å². The van der Waals surface area contributed by atoms with Gasteiger partial charge in [0.05, 0.1) is 12.9 Å². The van der Waals surface area contributed by atoms with Crippen LogP contribution in [0, 0.1) is 11.6 Å². The first kappa shape index (κ1) is 16.1. The van der Waals surface area contributed by atoms with E-state index in [4.69, 9.17) is 0 Å². The maximum absolute atomic E-state index is 13.3. The molecule has 1 saturated heterocycles. The van der Waals surface area contributed by atoms with Gasteiger partial charge in [-0.2, -0.15) is 0 Å². The van der Waals surface area contributed by atoms with Crippen LogP contribution >= 0.6 is 0 Å². The van der Waals surface area contributed by atoms with Crippen LogP contribution in [0.1, 0.15) is 5.56 Å². The number of halogens is 2. The van der Waals surface area contributed by atoms with Crippen LogP contribution in [0.3, 0.4) is 0 Å². The van der Waals surface area contributed by atoms with Gasteiger partial charge in [0.1, 0.15) is 5.82 Å². The first-order valence-corrected chi connectivity index (χ1v) is 7.43. The molecule has 0 bridgehead atoms. The van der Waals surface area contributed by atoms with E-state index in [0.717, 1.165) is 12.1 Å². The fourth-order valence-electron chi connectivity index (χ4n) is 2.55. The lowest BCUT2D eigenvalue weighted by atomic mass is 10.2. The third-order valence-electron chi connectivity index (χ3n) is 3.96. The lowest BCUT2D eigenvalue weighted by molar-refractivity contribution is -0.131. The molecule has 1 aromatic carbocycles. The zero-order valence-corrected chi connectivity index (χ0v) is 13.1. The molecular weight excluding hydrogens is 318 g/mol. The van der Waals surface area contributed by atoms with Gasteiger partial charge < -0.3 is 14.4 Å². The van der Waals surface area contributed by atoms with Gasteiger partial charge in [-0.25, -0.2) is 13.8 Å². The van der Waals surface area contributed by atoms with Crippen molar-refractivity contribution in [3.05, 3.63) is 58.1 Å². The maximum atomic E-state index is 13.3. The Kier molecular flexibility index (Phi) is 4.28. The van der Waals surface area contributed by atoms with Gasteiger partial charge in [0.25, 0.3) is 5.56 Å². The number of aryl methyl sites for hydroxylation is 1. The predicted octanol–water partition coefficient (Wildman–Crippen LogP) is 0.907. The number of hydrogen-bond donors (Lipinski definition) is 0. The second-order valence-electron chi connectivity index (χ2n) is 5.68. The molecule has 1 fully saturated rings. The number of carbonyl (C=O) groups excluding carboxylic acids is 1. The largest absolute Gasteiger partial charge is 0.345 e. The van der Waals surface area contributed by atoms with E-state index in [2.05, 4.69) is 4.98 Å². The van der Waals surface area contributed by atoms with Gasteiger partial charge in [-0.1, -0.05) is 6.07 Å². The average Bonchev–Trinajstić information content (AvgIpc) is 2.55. The monoisotopic (exact) mass is 334 g/mol. The number of aromatic nitrogens is 2. The molecule has 1 amide bonds. The van der Waals surface area contributed by atoms with Gasteiger partial charge in [0.15, 0.2) is 11.6 Å². The van der Waals surface area contributed by atoms with Gasteiger partial charge in [0, 0.05) is 32.7 Å². The number of carbonyl (C=O) groups is 1. The summed E-state index contributed by atoms with van der Waals surface area (Å²) in [6, 6.07) is 4.99. The number of anilines is 1. The van der Waals surface area contributed by atoms with Crippen molar-refractivity contribution >= 4 is 11.7 Å². The van der Waals surface area contributed by atoms with Gasteiger partial charge in [-0.3, -0.25) is 9.59 Å². The molecule has 0 unspecified atom stereocenters. The van der Waals surface area contributed by atoms with Crippen LogP contribution in [-0.4, -0.2) is 40.0 Å². The van der Waals surface area contributed by atoms with Crippen LogP contribution in [-0.2, 0) is 18.4 Å². The molecule has 2 aromatic rings. The SMILES string of the molecule is Cn1cnc(N2CCN(Cc3ccc(F)c(F)c3)C(=O)C2)cc1=O. The van der Waals surface area contributed by atoms with E-state index in [1.165, 1.54) is 23.0 Å². The van der Waals surface area contributed by atoms with Crippen LogP contribution in [0.25, 0.3) is 0 Å². The molecule has 1 aromatic heterocycles. The molecule has 24 heavy (non-hydrogen) atoms. The minimum atomic E-state index is -0.928. The van der Waals surface area contributed by atoms with E-state index in [1.807, 2.05) is 0 Å². The third-order valence-corrected chi connectivity index (χ3v) is 3.96. The van der Waals surface area contributed by atoms with Gasteiger partial charge in [-0.05, 0) is 17.7 Å². The second kappa shape index (κ2) is 6.38. The Labute approximate surface area is 136 Å². The molecule has 2 heterocycles. The Morgan fingerprint density at radius 1 is 1.12 bits per heavy atom. The fourth-order valence-corrected chi connectivity index (χ4v) is 2.55. The van der Waals surface area contributed by atoms with Crippen molar-refractivity contribution in [3.63, 3.8) is 0 Å². The molecule has 126 valence electrons. The van der Waals surface area contributed by atoms with Crippen LogP contribution < -0.4 is 10.5 Å².